The van der Waals surface area contributed by atoms with Crippen LogP contribution < -0.4 is 5.56 Å². The summed E-state index contributed by atoms with van der Waals surface area (Å²) >= 11 is 2.93. The van der Waals surface area contributed by atoms with Gasteiger partial charge in [-0.15, -0.1) is 11.3 Å². The molecule has 2 aromatic heterocycles. The molecule has 0 aliphatic carbocycles. The maximum Gasteiger partial charge on any atom is 0.266 e. The molecular formula is C24H23N3O2S2. The average Bonchev–Trinajstić information content (AvgIpc) is 3.27. The Kier molecular flexibility index (Phi) is 6.25. The van der Waals surface area contributed by atoms with E-state index in [9.17, 15) is 9.59 Å². The largest absolute Gasteiger partial charge is 0.340 e. The van der Waals surface area contributed by atoms with Crippen molar-refractivity contribution in [3.63, 3.8) is 0 Å². The Balaban J connectivity index is 1.70. The fourth-order valence-electron chi connectivity index (χ4n) is 3.36. The van der Waals surface area contributed by atoms with Gasteiger partial charge in [0.25, 0.3) is 5.56 Å². The maximum absolute atomic E-state index is 13.4. The standard InChI is InChI=1S/C24H23N3O2S2/c1-16-8-6-12-21(17(16)2)27-23(29)19-10-4-5-11-20(19)25-24(27)31-15-22(28)26(3)14-18-9-7-13-30-18/h4-13H,14-15H2,1-3H3. The van der Waals surface area contributed by atoms with Crippen LogP contribution in [0.15, 0.2) is 69.9 Å². The van der Waals surface area contributed by atoms with Crippen molar-refractivity contribution in [2.75, 3.05) is 12.8 Å². The lowest BCUT2D eigenvalue weighted by atomic mass is 10.1. The molecule has 0 unspecified atom stereocenters. The zero-order chi connectivity index (χ0) is 22.0. The minimum atomic E-state index is -0.124. The Hall–Kier alpha value is -2.90. The number of thiophene rings is 1. The molecule has 0 aliphatic rings. The number of rotatable bonds is 6. The van der Waals surface area contributed by atoms with Gasteiger partial charge in [-0.2, -0.15) is 0 Å². The highest BCUT2D eigenvalue weighted by atomic mass is 32.2. The first-order chi connectivity index (χ1) is 15.0. The van der Waals surface area contributed by atoms with Crippen molar-refractivity contribution in [3.05, 3.63) is 86.3 Å². The van der Waals surface area contributed by atoms with Crippen molar-refractivity contribution in [1.29, 1.82) is 0 Å². The van der Waals surface area contributed by atoms with E-state index in [0.29, 0.717) is 22.6 Å². The third kappa shape index (κ3) is 4.43. The number of carbonyl (C=O) groups excluding carboxylic acids is 1. The topological polar surface area (TPSA) is 55.2 Å². The molecule has 4 rings (SSSR count). The summed E-state index contributed by atoms with van der Waals surface area (Å²) in [5.41, 5.74) is 3.42. The summed E-state index contributed by atoms with van der Waals surface area (Å²) in [5, 5.41) is 3.09. The predicted octanol–water partition coefficient (Wildman–Crippen LogP) is 4.81. The fourth-order valence-corrected chi connectivity index (χ4v) is 5.06. The first-order valence-corrected chi connectivity index (χ1v) is 11.8. The lowest BCUT2D eigenvalue weighted by molar-refractivity contribution is -0.127. The summed E-state index contributed by atoms with van der Waals surface area (Å²) in [7, 11) is 1.80. The van der Waals surface area contributed by atoms with Gasteiger partial charge in [0, 0.05) is 11.9 Å². The highest BCUT2D eigenvalue weighted by Gasteiger charge is 2.18. The quantitative estimate of drug-likeness (QED) is 0.313. The van der Waals surface area contributed by atoms with Crippen LogP contribution in [-0.4, -0.2) is 33.2 Å². The lowest BCUT2D eigenvalue weighted by Crippen LogP contribution is -2.28. The van der Waals surface area contributed by atoms with E-state index in [2.05, 4.69) is 0 Å². The highest BCUT2D eigenvalue weighted by Crippen LogP contribution is 2.25. The molecule has 158 valence electrons. The highest BCUT2D eigenvalue weighted by molar-refractivity contribution is 7.99. The molecule has 0 radical (unpaired) electrons. The number of benzene rings is 2. The molecule has 0 aliphatic heterocycles. The second-order valence-electron chi connectivity index (χ2n) is 7.39. The molecule has 1 amide bonds. The van der Waals surface area contributed by atoms with Gasteiger partial charge in [0.15, 0.2) is 5.16 Å². The van der Waals surface area contributed by atoms with Gasteiger partial charge in [-0.1, -0.05) is 42.1 Å². The Labute approximate surface area is 189 Å². The molecule has 0 N–H and O–H groups in total. The van der Waals surface area contributed by atoms with Crippen LogP contribution in [0.2, 0.25) is 0 Å². The smallest absolute Gasteiger partial charge is 0.266 e. The van der Waals surface area contributed by atoms with Gasteiger partial charge in [-0.05, 0) is 54.6 Å². The van der Waals surface area contributed by atoms with Crippen LogP contribution in [0.4, 0.5) is 0 Å². The summed E-state index contributed by atoms with van der Waals surface area (Å²) in [6, 6.07) is 17.2. The number of amides is 1. The van der Waals surface area contributed by atoms with E-state index < -0.39 is 0 Å². The number of aromatic nitrogens is 2. The van der Waals surface area contributed by atoms with Gasteiger partial charge in [0.2, 0.25) is 5.91 Å². The maximum atomic E-state index is 13.4. The third-order valence-corrected chi connectivity index (χ3v) is 7.07. The Morgan fingerprint density at radius 2 is 1.90 bits per heavy atom. The van der Waals surface area contributed by atoms with Crippen LogP contribution in [0, 0.1) is 13.8 Å². The first-order valence-electron chi connectivity index (χ1n) is 9.93. The van der Waals surface area contributed by atoms with Crippen molar-refractivity contribution in [3.8, 4) is 5.69 Å². The third-order valence-electron chi connectivity index (χ3n) is 5.29. The van der Waals surface area contributed by atoms with Crippen LogP contribution in [-0.2, 0) is 11.3 Å². The normalized spacial score (nSPS) is 11.1. The number of fused-ring (bicyclic) bond motifs is 1. The van der Waals surface area contributed by atoms with Gasteiger partial charge in [0.05, 0.1) is 28.9 Å². The Morgan fingerprint density at radius 1 is 1.10 bits per heavy atom. The average molecular weight is 450 g/mol. The Bertz CT molecular complexity index is 1300. The fraction of sp³-hybridized carbons (Fsp3) is 0.208. The van der Waals surface area contributed by atoms with Crippen molar-refractivity contribution >= 4 is 39.9 Å². The Morgan fingerprint density at radius 3 is 2.68 bits per heavy atom. The van der Waals surface area contributed by atoms with E-state index >= 15 is 0 Å². The molecule has 0 saturated carbocycles. The van der Waals surface area contributed by atoms with Crippen molar-refractivity contribution in [1.82, 2.24) is 14.5 Å². The number of thioether (sulfide) groups is 1. The molecule has 0 atom stereocenters. The molecule has 0 bridgehead atoms. The van der Waals surface area contributed by atoms with E-state index in [1.165, 1.54) is 11.8 Å². The molecule has 7 heteroatoms. The predicted molar refractivity (Wildman–Crippen MR) is 128 cm³/mol. The van der Waals surface area contributed by atoms with Crippen molar-refractivity contribution in [2.45, 2.75) is 25.5 Å². The number of aryl methyl sites for hydroxylation is 1. The molecule has 0 fully saturated rings. The number of hydrogen-bond acceptors (Lipinski definition) is 5. The summed E-state index contributed by atoms with van der Waals surface area (Å²) in [5.74, 6) is 0.200. The van der Waals surface area contributed by atoms with Crippen molar-refractivity contribution in [2.24, 2.45) is 0 Å². The zero-order valence-electron chi connectivity index (χ0n) is 17.7. The number of para-hydroxylation sites is 1. The van der Waals surface area contributed by atoms with Crippen LogP contribution in [0.3, 0.4) is 0 Å². The minimum Gasteiger partial charge on any atom is -0.340 e. The summed E-state index contributed by atoms with van der Waals surface area (Å²) in [6.45, 7) is 4.60. The molecular weight excluding hydrogens is 426 g/mol. The monoisotopic (exact) mass is 449 g/mol. The van der Waals surface area contributed by atoms with Crippen LogP contribution >= 0.6 is 23.1 Å². The zero-order valence-corrected chi connectivity index (χ0v) is 19.3. The van der Waals surface area contributed by atoms with Crippen LogP contribution in [0.25, 0.3) is 16.6 Å². The lowest BCUT2D eigenvalue weighted by Gasteiger charge is -2.18. The summed E-state index contributed by atoms with van der Waals surface area (Å²) < 4.78 is 1.64. The van der Waals surface area contributed by atoms with Gasteiger partial charge in [-0.25, -0.2) is 4.98 Å². The molecule has 0 saturated heterocycles. The van der Waals surface area contributed by atoms with Crippen LogP contribution in [0.1, 0.15) is 16.0 Å². The number of hydrogen-bond donors (Lipinski definition) is 0. The molecule has 5 nitrogen and oxygen atoms in total. The van der Waals surface area contributed by atoms with Gasteiger partial charge in [0.1, 0.15) is 0 Å². The van der Waals surface area contributed by atoms with E-state index in [1.807, 2.05) is 67.8 Å². The van der Waals surface area contributed by atoms with Crippen molar-refractivity contribution < 1.29 is 4.79 Å². The molecule has 0 spiro atoms. The molecule has 2 aromatic carbocycles. The second kappa shape index (κ2) is 9.08. The van der Waals surface area contributed by atoms with E-state index in [4.69, 9.17) is 4.98 Å². The van der Waals surface area contributed by atoms with Crippen LogP contribution in [0.5, 0.6) is 0 Å². The van der Waals surface area contributed by atoms with E-state index in [1.54, 1.807) is 33.9 Å². The van der Waals surface area contributed by atoms with Gasteiger partial charge in [-0.3, -0.25) is 14.2 Å². The van der Waals surface area contributed by atoms with E-state index in [0.717, 1.165) is 21.7 Å². The van der Waals surface area contributed by atoms with Gasteiger partial charge < -0.3 is 4.90 Å². The van der Waals surface area contributed by atoms with Gasteiger partial charge >= 0.3 is 0 Å². The second-order valence-corrected chi connectivity index (χ2v) is 9.36. The molecule has 4 aromatic rings. The minimum absolute atomic E-state index is 0.00618. The summed E-state index contributed by atoms with van der Waals surface area (Å²) in [6.07, 6.45) is 0. The van der Waals surface area contributed by atoms with E-state index in [-0.39, 0.29) is 17.2 Å². The summed E-state index contributed by atoms with van der Waals surface area (Å²) in [4.78, 5) is 33.8. The number of nitrogens with zero attached hydrogens (tertiary/aromatic N) is 3. The first kappa shape index (κ1) is 21.3. The molecule has 2 heterocycles. The molecule has 31 heavy (non-hydrogen) atoms. The SMILES string of the molecule is Cc1cccc(-n2c(SCC(=O)N(C)Cc3cccs3)nc3ccccc3c2=O)c1C. The number of carbonyl (C=O) groups is 1.